The Hall–Kier alpha value is -1.68. The molecule has 1 aromatic rings. The van der Waals surface area contributed by atoms with Crippen molar-refractivity contribution in [3.63, 3.8) is 0 Å². The second-order valence-corrected chi connectivity index (χ2v) is 5.62. The van der Waals surface area contributed by atoms with Crippen molar-refractivity contribution in [2.75, 3.05) is 11.6 Å². The molecule has 0 aliphatic carbocycles. The zero-order valence-corrected chi connectivity index (χ0v) is 11.0. The van der Waals surface area contributed by atoms with Gasteiger partial charge in [-0.05, 0) is 12.1 Å². The predicted octanol–water partition coefficient (Wildman–Crippen LogP) is 1.22. The fourth-order valence-corrected chi connectivity index (χ4v) is 1.86. The Morgan fingerprint density at radius 1 is 1.29 bits per heavy atom. The highest BCUT2D eigenvalue weighted by Crippen LogP contribution is 2.43. The average Bonchev–Trinajstić information content (AvgIpc) is 2.33. The second kappa shape index (κ2) is 5.60. The van der Waals surface area contributed by atoms with Crippen LogP contribution in [0.1, 0.15) is 5.56 Å². The van der Waals surface area contributed by atoms with Crippen LogP contribution in [0.5, 0.6) is 0 Å². The molecule has 0 bridgehead atoms. The molecule has 0 spiro atoms. The number of nitro groups is 1. The van der Waals surface area contributed by atoms with Gasteiger partial charge in [-0.2, -0.15) is 13.2 Å². The summed E-state index contributed by atoms with van der Waals surface area (Å²) in [6.07, 6.45) is -6.67. The quantitative estimate of drug-likeness (QED) is 0.276. The van der Waals surface area contributed by atoms with E-state index in [1.165, 1.54) is 6.07 Å². The van der Waals surface area contributed by atoms with Crippen molar-refractivity contribution in [2.45, 2.75) is 11.9 Å². The van der Waals surface area contributed by atoms with Crippen molar-refractivity contribution in [1.29, 1.82) is 0 Å². The van der Waals surface area contributed by atoms with E-state index in [2.05, 4.69) is 0 Å². The summed E-state index contributed by atoms with van der Waals surface area (Å²) in [6.45, 7) is 0. The van der Waals surface area contributed by atoms with E-state index in [0.29, 0.717) is 6.07 Å². The number of anilines is 1. The summed E-state index contributed by atoms with van der Waals surface area (Å²) < 4.78 is 49.2. The molecule has 4 N–H and O–H groups in total. The lowest BCUT2D eigenvalue weighted by molar-refractivity contribution is -0.679. The van der Waals surface area contributed by atoms with Crippen LogP contribution in [0.4, 0.5) is 18.9 Å². The summed E-state index contributed by atoms with van der Waals surface area (Å²) in [5, 5.41) is 22.1. The normalized spacial score (nSPS) is 15.3. The smallest absolute Gasteiger partial charge is 0.373 e. The Balaban J connectivity index is 3.35. The molecule has 0 radical (unpaired) electrons. The summed E-state index contributed by atoms with van der Waals surface area (Å²) in [7, 11) is -4.61. The molecule has 118 valence electrons. The molecule has 0 saturated heterocycles. The van der Waals surface area contributed by atoms with E-state index >= 15 is 0 Å². The Morgan fingerprint density at radius 3 is 2.24 bits per heavy atom. The Kier molecular flexibility index (Phi) is 4.63. The minimum atomic E-state index is -5.63. The lowest BCUT2D eigenvalue weighted by Gasteiger charge is -2.24. The van der Waals surface area contributed by atoms with Crippen molar-refractivity contribution >= 4 is 13.3 Å². The number of para-hydroxylation sites is 1. The maximum absolute atomic E-state index is 12.8. The van der Waals surface area contributed by atoms with Gasteiger partial charge < -0.3 is 20.2 Å². The lowest BCUT2D eigenvalue weighted by Crippen LogP contribution is -2.49. The van der Waals surface area contributed by atoms with Crippen molar-refractivity contribution in [3.05, 3.63) is 39.9 Å². The van der Waals surface area contributed by atoms with Crippen LogP contribution < -0.4 is 5.32 Å². The Morgan fingerprint density at radius 2 is 1.81 bits per heavy atom. The van der Waals surface area contributed by atoms with E-state index in [1.54, 1.807) is 0 Å². The van der Waals surface area contributed by atoms with E-state index in [0.717, 1.165) is 12.1 Å². The number of benzene rings is 1. The van der Waals surface area contributed by atoms with Crippen molar-refractivity contribution in [1.82, 2.24) is 0 Å². The second-order valence-electron chi connectivity index (χ2n) is 3.97. The number of rotatable bonds is 5. The first kappa shape index (κ1) is 17.4. The molecule has 0 saturated carbocycles. The molecule has 21 heavy (non-hydrogen) atoms. The first-order chi connectivity index (χ1) is 9.39. The molecule has 0 heterocycles. The number of aliphatic hydroxyl groups is 1. The van der Waals surface area contributed by atoms with Gasteiger partial charge in [-0.15, -0.1) is 0 Å². The molecular formula is C9H10F3N2O6P. The molecule has 1 aromatic carbocycles. The third-order valence-corrected chi connectivity index (χ3v) is 3.01. The predicted molar refractivity (Wildman–Crippen MR) is 63.9 cm³/mol. The zero-order valence-electron chi connectivity index (χ0n) is 10.1. The van der Waals surface area contributed by atoms with Gasteiger partial charge in [-0.1, -0.05) is 12.1 Å². The highest BCUT2D eigenvalue weighted by molar-refractivity contribution is 7.51. The number of halogens is 3. The van der Waals surface area contributed by atoms with Gasteiger partial charge in [0.25, 0.3) is 0 Å². The molecule has 1 unspecified atom stereocenters. The average molecular weight is 330 g/mol. The van der Waals surface area contributed by atoms with Crippen molar-refractivity contribution in [2.24, 2.45) is 0 Å². The number of hydrogen-bond donors (Lipinski definition) is 4. The molecule has 0 fully saturated rings. The van der Waals surface area contributed by atoms with E-state index in [1.807, 2.05) is 5.32 Å². The maximum Gasteiger partial charge on any atom is 0.494 e. The standard InChI is InChI=1S/C9H10F3N2O6P/c10-9(11,12)8(15,14(16)17)6-3-1-2-4-7(6)13-5-21(18,19)20/h1-4,13,15H,5H2,(H2,18,19,20). The van der Waals surface area contributed by atoms with E-state index in [-0.39, 0.29) is 0 Å². The third-order valence-electron chi connectivity index (χ3n) is 2.44. The highest BCUT2D eigenvalue weighted by Gasteiger charge is 2.68. The van der Waals surface area contributed by atoms with Crippen LogP contribution >= 0.6 is 7.60 Å². The summed E-state index contributed by atoms with van der Waals surface area (Å²) in [6, 6.07) is 3.75. The van der Waals surface area contributed by atoms with Crippen molar-refractivity contribution in [3.8, 4) is 0 Å². The number of alkyl halides is 3. The summed E-state index contributed by atoms with van der Waals surface area (Å²) in [4.78, 5) is 26.1. The number of hydrogen-bond acceptors (Lipinski definition) is 5. The first-order valence-corrected chi connectivity index (χ1v) is 7.01. The van der Waals surface area contributed by atoms with Crippen LogP contribution in [0.15, 0.2) is 24.3 Å². The number of nitrogens with zero attached hydrogens (tertiary/aromatic N) is 1. The fraction of sp³-hybridized carbons (Fsp3) is 0.333. The molecule has 12 heteroatoms. The summed E-state index contributed by atoms with van der Waals surface area (Å²) >= 11 is 0. The lowest BCUT2D eigenvalue weighted by atomic mass is 10.0. The third kappa shape index (κ3) is 3.70. The van der Waals surface area contributed by atoms with Gasteiger partial charge >= 0.3 is 19.5 Å². The van der Waals surface area contributed by atoms with Crippen LogP contribution in [-0.4, -0.2) is 32.3 Å². The first-order valence-electron chi connectivity index (χ1n) is 5.21. The highest BCUT2D eigenvalue weighted by atomic mass is 31.2. The number of nitrogens with one attached hydrogen (secondary N) is 1. The van der Waals surface area contributed by atoms with Gasteiger partial charge in [-0.25, -0.2) is 0 Å². The van der Waals surface area contributed by atoms with Crippen LogP contribution in [0, 0.1) is 10.1 Å². The van der Waals surface area contributed by atoms with E-state index in [9.17, 15) is 33.0 Å². The zero-order chi connectivity index (χ0) is 16.5. The van der Waals surface area contributed by atoms with Gasteiger partial charge in [0.05, 0.1) is 10.5 Å². The summed E-state index contributed by atoms with van der Waals surface area (Å²) in [5.41, 5.74) is -6.18. The van der Waals surface area contributed by atoms with E-state index < -0.39 is 42.0 Å². The van der Waals surface area contributed by atoms with Crippen LogP contribution in [0.3, 0.4) is 0 Å². The van der Waals surface area contributed by atoms with Crippen molar-refractivity contribution < 1.29 is 37.6 Å². The van der Waals surface area contributed by atoms with Gasteiger partial charge in [0.2, 0.25) is 0 Å². The molecule has 1 rings (SSSR count). The SMILES string of the molecule is O=[N+]([O-])C(O)(c1ccccc1NCP(=O)(O)O)C(F)(F)F. The summed E-state index contributed by atoms with van der Waals surface area (Å²) in [5.74, 6) is 0. The minimum absolute atomic E-state index is 0.614. The molecule has 0 aliphatic rings. The molecule has 8 nitrogen and oxygen atoms in total. The minimum Gasteiger partial charge on any atom is -0.373 e. The van der Waals surface area contributed by atoms with Gasteiger partial charge in [0.15, 0.2) is 0 Å². The Bertz CT molecular complexity index is 589. The molecule has 0 aromatic heterocycles. The van der Waals surface area contributed by atoms with Gasteiger partial charge in [-0.3, -0.25) is 14.7 Å². The molecule has 0 amide bonds. The van der Waals surface area contributed by atoms with E-state index in [4.69, 9.17) is 9.79 Å². The van der Waals surface area contributed by atoms with Gasteiger partial charge in [0.1, 0.15) is 6.29 Å². The molecule has 1 atom stereocenters. The largest absolute Gasteiger partial charge is 0.494 e. The van der Waals surface area contributed by atoms with Crippen LogP contribution in [-0.2, 0) is 10.3 Å². The maximum atomic E-state index is 12.8. The fourth-order valence-electron chi connectivity index (χ4n) is 1.48. The van der Waals surface area contributed by atoms with Crippen LogP contribution in [0.25, 0.3) is 0 Å². The Labute approximate surface area is 115 Å². The monoisotopic (exact) mass is 330 g/mol. The topological polar surface area (TPSA) is 133 Å². The van der Waals surface area contributed by atoms with Crippen LogP contribution in [0.2, 0.25) is 0 Å². The molecular weight excluding hydrogens is 320 g/mol. The molecule has 0 aliphatic heterocycles. The van der Waals surface area contributed by atoms with Gasteiger partial charge in [0, 0.05) is 5.69 Å².